The molecule has 4 heteroatoms. The zero-order chi connectivity index (χ0) is 14.1. The molecule has 0 bridgehead atoms. The number of aryl methyl sites for hydroxylation is 1. The molecule has 3 rings (SSSR count). The number of hydrogen-bond acceptors (Lipinski definition) is 2. The van der Waals surface area contributed by atoms with Crippen LogP contribution in [0.5, 0.6) is 5.75 Å². The molecule has 0 aromatic heterocycles. The predicted molar refractivity (Wildman–Crippen MR) is 91.8 cm³/mol. The van der Waals surface area contributed by atoms with Crippen LogP contribution < -0.4 is 10.1 Å². The third-order valence-corrected chi connectivity index (χ3v) is 4.82. The molecule has 1 N–H and O–H groups in total. The molecule has 104 valence electrons. The summed E-state index contributed by atoms with van der Waals surface area (Å²) in [5, 5.41) is 4.39. The Labute approximate surface area is 137 Å². The first-order valence-electron chi connectivity index (χ1n) is 6.56. The number of fused-ring (bicyclic) bond motifs is 1. The summed E-state index contributed by atoms with van der Waals surface area (Å²) >= 11 is 8.32. The van der Waals surface area contributed by atoms with Crippen LogP contribution in [-0.2, 0) is 6.42 Å². The zero-order valence-corrected chi connectivity index (χ0v) is 14.0. The fourth-order valence-corrected chi connectivity index (χ4v) is 3.68. The number of rotatable bonds is 3. The first-order valence-corrected chi connectivity index (χ1v) is 8.01. The van der Waals surface area contributed by atoms with Crippen molar-refractivity contribution in [2.45, 2.75) is 18.9 Å². The van der Waals surface area contributed by atoms with Gasteiger partial charge in [0, 0.05) is 14.3 Å². The van der Waals surface area contributed by atoms with Crippen LogP contribution in [0.15, 0.2) is 36.4 Å². The molecule has 0 saturated heterocycles. The minimum Gasteiger partial charge on any atom is -0.497 e. The van der Waals surface area contributed by atoms with E-state index in [1.54, 1.807) is 7.11 Å². The van der Waals surface area contributed by atoms with E-state index in [1.807, 2.05) is 24.3 Å². The van der Waals surface area contributed by atoms with Crippen molar-refractivity contribution in [1.82, 2.24) is 0 Å². The number of benzene rings is 2. The summed E-state index contributed by atoms with van der Waals surface area (Å²) in [6.07, 6.45) is 2.22. The van der Waals surface area contributed by atoms with Gasteiger partial charge in [-0.05, 0) is 76.9 Å². The number of nitrogens with one attached hydrogen (secondary N) is 1. The summed E-state index contributed by atoms with van der Waals surface area (Å²) in [4.78, 5) is 0. The highest BCUT2D eigenvalue weighted by Crippen LogP contribution is 2.37. The highest BCUT2D eigenvalue weighted by atomic mass is 127. The van der Waals surface area contributed by atoms with Gasteiger partial charge < -0.3 is 10.1 Å². The van der Waals surface area contributed by atoms with E-state index in [0.717, 1.165) is 32.9 Å². The fourth-order valence-electron chi connectivity index (χ4n) is 2.65. The van der Waals surface area contributed by atoms with E-state index in [1.165, 1.54) is 11.1 Å². The molecule has 1 aliphatic carbocycles. The lowest BCUT2D eigenvalue weighted by atomic mass is 10.1. The van der Waals surface area contributed by atoms with Crippen molar-refractivity contribution in [1.29, 1.82) is 0 Å². The fraction of sp³-hybridized carbons (Fsp3) is 0.250. The normalized spacial score (nSPS) is 16.9. The largest absolute Gasteiger partial charge is 0.497 e. The highest BCUT2D eigenvalue weighted by Gasteiger charge is 2.23. The predicted octanol–water partition coefficient (Wildman–Crippen LogP) is 5.05. The monoisotopic (exact) mass is 399 g/mol. The van der Waals surface area contributed by atoms with Gasteiger partial charge in [-0.25, -0.2) is 0 Å². The molecule has 0 heterocycles. The van der Waals surface area contributed by atoms with Gasteiger partial charge in [0.05, 0.1) is 13.2 Å². The van der Waals surface area contributed by atoms with Crippen LogP contribution in [-0.4, -0.2) is 7.11 Å². The van der Waals surface area contributed by atoms with Gasteiger partial charge in [-0.15, -0.1) is 0 Å². The molecule has 0 saturated carbocycles. The Morgan fingerprint density at radius 2 is 2.10 bits per heavy atom. The van der Waals surface area contributed by atoms with Gasteiger partial charge in [0.15, 0.2) is 0 Å². The molecule has 0 spiro atoms. The molecule has 1 atom stereocenters. The summed E-state index contributed by atoms with van der Waals surface area (Å²) in [5.41, 5.74) is 3.89. The average Bonchev–Trinajstić information content (AvgIpc) is 2.84. The second kappa shape index (κ2) is 5.82. The van der Waals surface area contributed by atoms with Crippen LogP contribution in [0.25, 0.3) is 0 Å². The van der Waals surface area contributed by atoms with Crippen LogP contribution in [0.4, 0.5) is 5.69 Å². The number of hydrogen-bond donors (Lipinski definition) is 1. The second-order valence-electron chi connectivity index (χ2n) is 4.92. The molecule has 1 unspecified atom stereocenters. The van der Waals surface area contributed by atoms with Crippen LogP contribution in [0, 0.1) is 3.57 Å². The Morgan fingerprint density at radius 3 is 2.85 bits per heavy atom. The van der Waals surface area contributed by atoms with Crippen molar-refractivity contribution in [3.05, 3.63) is 56.1 Å². The third kappa shape index (κ3) is 2.74. The van der Waals surface area contributed by atoms with E-state index in [4.69, 9.17) is 16.3 Å². The molecule has 2 aromatic carbocycles. The lowest BCUT2D eigenvalue weighted by Gasteiger charge is -2.17. The summed E-state index contributed by atoms with van der Waals surface area (Å²) < 4.78 is 6.48. The molecular formula is C16H15ClINO. The minimum absolute atomic E-state index is 0.342. The summed E-state index contributed by atoms with van der Waals surface area (Å²) in [7, 11) is 1.71. The van der Waals surface area contributed by atoms with E-state index in [-0.39, 0.29) is 0 Å². The summed E-state index contributed by atoms with van der Waals surface area (Å²) in [6, 6.07) is 12.6. The lowest BCUT2D eigenvalue weighted by Crippen LogP contribution is -2.08. The van der Waals surface area contributed by atoms with Crippen LogP contribution in [0.2, 0.25) is 5.02 Å². The molecule has 20 heavy (non-hydrogen) atoms. The topological polar surface area (TPSA) is 21.3 Å². The first-order chi connectivity index (χ1) is 9.67. The Bertz CT molecular complexity index is 644. The lowest BCUT2D eigenvalue weighted by molar-refractivity contribution is 0.414. The number of anilines is 1. The quantitative estimate of drug-likeness (QED) is 0.729. The van der Waals surface area contributed by atoms with Gasteiger partial charge in [-0.3, -0.25) is 0 Å². The van der Waals surface area contributed by atoms with Crippen molar-refractivity contribution in [3.63, 3.8) is 0 Å². The Balaban J connectivity index is 1.87. The average molecular weight is 400 g/mol. The Morgan fingerprint density at radius 1 is 1.25 bits per heavy atom. The van der Waals surface area contributed by atoms with E-state index >= 15 is 0 Å². The van der Waals surface area contributed by atoms with Gasteiger partial charge in [0.1, 0.15) is 5.75 Å². The Kier molecular flexibility index (Phi) is 4.08. The molecule has 2 nitrogen and oxygen atoms in total. The first kappa shape index (κ1) is 14.0. The van der Waals surface area contributed by atoms with Crippen molar-refractivity contribution in [3.8, 4) is 5.75 Å². The van der Waals surface area contributed by atoms with Crippen LogP contribution >= 0.6 is 34.2 Å². The smallest absolute Gasteiger partial charge is 0.119 e. The van der Waals surface area contributed by atoms with Crippen molar-refractivity contribution >= 4 is 39.9 Å². The van der Waals surface area contributed by atoms with Crippen molar-refractivity contribution in [2.24, 2.45) is 0 Å². The molecule has 0 fully saturated rings. The van der Waals surface area contributed by atoms with E-state index < -0.39 is 0 Å². The number of methoxy groups -OCH3 is 1. The molecule has 1 aliphatic rings. The summed E-state index contributed by atoms with van der Waals surface area (Å²) in [5.74, 6) is 0.920. The molecule has 2 aromatic rings. The number of ether oxygens (including phenoxy) is 1. The van der Waals surface area contributed by atoms with Crippen LogP contribution in [0.3, 0.4) is 0 Å². The van der Waals surface area contributed by atoms with Crippen molar-refractivity contribution < 1.29 is 4.74 Å². The van der Waals surface area contributed by atoms with Crippen molar-refractivity contribution in [2.75, 3.05) is 12.4 Å². The maximum absolute atomic E-state index is 6.01. The third-order valence-electron chi connectivity index (χ3n) is 3.69. The molecule has 0 amide bonds. The molecule has 0 radical (unpaired) electrons. The van der Waals surface area contributed by atoms with E-state index in [0.29, 0.717) is 6.04 Å². The van der Waals surface area contributed by atoms with Crippen LogP contribution in [0.1, 0.15) is 23.6 Å². The van der Waals surface area contributed by atoms with Gasteiger partial charge in [-0.1, -0.05) is 17.7 Å². The SMILES string of the molecule is COc1ccc2c(c1)C(Nc1ccc(Cl)cc1I)CC2. The molecule has 0 aliphatic heterocycles. The number of halogens is 2. The maximum atomic E-state index is 6.01. The van der Waals surface area contributed by atoms with Gasteiger partial charge in [0.2, 0.25) is 0 Å². The van der Waals surface area contributed by atoms with Gasteiger partial charge >= 0.3 is 0 Å². The molecular weight excluding hydrogens is 385 g/mol. The van der Waals surface area contributed by atoms with Gasteiger partial charge in [0.25, 0.3) is 0 Å². The maximum Gasteiger partial charge on any atom is 0.119 e. The highest BCUT2D eigenvalue weighted by molar-refractivity contribution is 14.1. The minimum atomic E-state index is 0.342. The summed E-state index contributed by atoms with van der Waals surface area (Å²) in [6.45, 7) is 0. The Hall–Kier alpha value is -0.940. The van der Waals surface area contributed by atoms with Gasteiger partial charge in [-0.2, -0.15) is 0 Å². The second-order valence-corrected chi connectivity index (χ2v) is 6.52. The van der Waals surface area contributed by atoms with E-state index in [9.17, 15) is 0 Å². The van der Waals surface area contributed by atoms with E-state index in [2.05, 4.69) is 40.0 Å². The standard InChI is InChI=1S/C16H15ClINO/c1-20-12-5-2-10-3-6-15(13(10)9-12)19-16-7-4-11(17)8-14(16)18/h2,4-5,7-9,15,19H,3,6H2,1H3. The zero-order valence-electron chi connectivity index (χ0n) is 11.1.